The third-order valence-electron chi connectivity index (χ3n) is 4.24. The summed E-state index contributed by atoms with van der Waals surface area (Å²) in [7, 11) is -3.51. The SMILES string of the molecule is Cc1ccc(S(=O)(=O)N2CCN(c3cccc(F)n3)C(C)C2)cc1. The van der Waals surface area contributed by atoms with Crippen molar-refractivity contribution in [1.82, 2.24) is 9.29 Å². The van der Waals surface area contributed by atoms with Crippen LogP contribution in [0.3, 0.4) is 0 Å². The third kappa shape index (κ3) is 3.27. The van der Waals surface area contributed by atoms with E-state index in [1.165, 1.54) is 10.4 Å². The number of nitrogens with zero attached hydrogens (tertiary/aromatic N) is 3. The van der Waals surface area contributed by atoms with Crippen molar-refractivity contribution in [2.45, 2.75) is 24.8 Å². The van der Waals surface area contributed by atoms with Crippen LogP contribution in [-0.4, -0.2) is 43.4 Å². The van der Waals surface area contributed by atoms with Gasteiger partial charge in [-0.3, -0.25) is 0 Å². The van der Waals surface area contributed by atoms with Crippen molar-refractivity contribution in [2.75, 3.05) is 24.5 Å². The van der Waals surface area contributed by atoms with Crippen molar-refractivity contribution in [1.29, 1.82) is 0 Å². The van der Waals surface area contributed by atoms with E-state index in [0.717, 1.165) is 5.56 Å². The maximum atomic E-state index is 13.3. The average molecular weight is 349 g/mol. The van der Waals surface area contributed by atoms with Crippen LogP contribution < -0.4 is 4.90 Å². The van der Waals surface area contributed by atoms with Gasteiger partial charge in [0.2, 0.25) is 16.0 Å². The molecule has 2 heterocycles. The number of pyridine rings is 1. The number of anilines is 1. The lowest BCUT2D eigenvalue weighted by atomic mass is 10.2. The van der Waals surface area contributed by atoms with Gasteiger partial charge in [0.15, 0.2) is 0 Å². The first-order valence-electron chi connectivity index (χ1n) is 7.84. The van der Waals surface area contributed by atoms with Gasteiger partial charge >= 0.3 is 0 Å². The zero-order valence-electron chi connectivity index (χ0n) is 13.7. The number of benzene rings is 1. The van der Waals surface area contributed by atoms with Crippen LogP contribution in [0.5, 0.6) is 0 Å². The minimum absolute atomic E-state index is 0.0896. The summed E-state index contributed by atoms with van der Waals surface area (Å²) in [4.78, 5) is 6.13. The molecular weight excluding hydrogens is 329 g/mol. The van der Waals surface area contributed by atoms with Gasteiger partial charge in [-0.25, -0.2) is 13.4 Å². The predicted octanol–water partition coefficient (Wildman–Crippen LogP) is 2.43. The van der Waals surface area contributed by atoms with E-state index in [0.29, 0.717) is 30.3 Å². The smallest absolute Gasteiger partial charge is 0.243 e. The summed E-state index contributed by atoms with van der Waals surface area (Å²) in [5.74, 6) is 0.00397. The Morgan fingerprint density at radius 1 is 1.12 bits per heavy atom. The molecule has 0 N–H and O–H groups in total. The molecule has 0 saturated carbocycles. The van der Waals surface area contributed by atoms with Crippen molar-refractivity contribution in [3.05, 3.63) is 54.0 Å². The van der Waals surface area contributed by atoms with E-state index in [-0.39, 0.29) is 6.04 Å². The van der Waals surface area contributed by atoms with Crippen molar-refractivity contribution < 1.29 is 12.8 Å². The normalized spacial score (nSPS) is 19.5. The quantitative estimate of drug-likeness (QED) is 0.799. The van der Waals surface area contributed by atoms with Crippen LogP contribution >= 0.6 is 0 Å². The van der Waals surface area contributed by atoms with Crippen LogP contribution in [0.25, 0.3) is 0 Å². The molecule has 7 heteroatoms. The number of hydrogen-bond acceptors (Lipinski definition) is 4. The fraction of sp³-hybridized carbons (Fsp3) is 0.353. The summed E-state index contributed by atoms with van der Waals surface area (Å²) in [6, 6.07) is 11.4. The number of hydrogen-bond donors (Lipinski definition) is 0. The predicted molar refractivity (Wildman–Crippen MR) is 90.9 cm³/mol. The number of halogens is 1. The number of piperazine rings is 1. The number of aromatic nitrogens is 1. The Morgan fingerprint density at radius 3 is 2.46 bits per heavy atom. The Labute approximate surface area is 141 Å². The van der Waals surface area contributed by atoms with Crippen LogP contribution in [0.1, 0.15) is 12.5 Å². The molecule has 128 valence electrons. The summed E-state index contributed by atoms with van der Waals surface area (Å²) in [5.41, 5.74) is 1.02. The lowest BCUT2D eigenvalue weighted by molar-refractivity contribution is 0.340. The highest BCUT2D eigenvalue weighted by Gasteiger charge is 2.32. The lowest BCUT2D eigenvalue weighted by Crippen LogP contribution is -2.53. The topological polar surface area (TPSA) is 53.5 Å². The van der Waals surface area contributed by atoms with Crippen LogP contribution in [0.15, 0.2) is 47.4 Å². The molecular formula is C17H20FN3O2S. The number of sulfonamides is 1. The summed E-state index contributed by atoms with van der Waals surface area (Å²) < 4.78 is 40.4. The van der Waals surface area contributed by atoms with Gasteiger partial charge < -0.3 is 4.90 Å². The van der Waals surface area contributed by atoms with Crippen LogP contribution in [0, 0.1) is 12.9 Å². The highest BCUT2D eigenvalue weighted by Crippen LogP contribution is 2.23. The monoisotopic (exact) mass is 349 g/mol. The Morgan fingerprint density at radius 2 is 1.83 bits per heavy atom. The van der Waals surface area contributed by atoms with Crippen molar-refractivity contribution >= 4 is 15.8 Å². The second-order valence-corrected chi connectivity index (χ2v) is 7.97. The summed E-state index contributed by atoms with van der Waals surface area (Å²) in [5, 5.41) is 0. The summed E-state index contributed by atoms with van der Waals surface area (Å²) in [6.45, 7) is 5.00. The van der Waals surface area contributed by atoms with Crippen LogP contribution in [0.4, 0.5) is 10.2 Å². The molecule has 1 atom stereocenters. The van der Waals surface area contributed by atoms with Gasteiger partial charge in [0.05, 0.1) is 4.90 Å². The molecule has 1 saturated heterocycles. The van der Waals surface area contributed by atoms with Crippen molar-refractivity contribution in [2.24, 2.45) is 0 Å². The molecule has 2 aromatic rings. The van der Waals surface area contributed by atoms with Gasteiger partial charge in [0.1, 0.15) is 5.82 Å². The Kier molecular flexibility index (Phi) is 4.56. The first-order valence-corrected chi connectivity index (χ1v) is 9.28. The van der Waals surface area contributed by atoms with E-state index in [4.69, 9.17) is 0 Å². The molecule has 1 aromatic heterocycles. The molecule has 0 spiro atoms. The molecule has 1 aliphatic rings. The van der Waals surface area contributed by atoms with Crippen LogP contribution in [-0.2, 0) is 10.0 Å². The molecule has 0 bridgehead atoms. The van der Waals surface area contributed by atoms with E-state index < -0.39 is 16.0 Å². The lowest BCUT2D eigenvalue weighted by Gasteiger charge is -2.39. The van der Waals surface area contributed by atoms with E-state index in [1.807, 2.05) is 18.7 Å². The second-order valence-electron chi connectivity index (χ2n) is 6.04. The van der Waals surface area contributed by atoms with Gasteiger partial charge in [0.25, 0.3) is 0 Å². The highest BCUT2D eigenvalue weighted by atomic mass is 32.2. The van der Waals surface area contributed by atoms with Gasteiger partial charge in [-0.05, 0) is 38.1 Å². The number of aryl methyl sites for hydroxylation is 1. The van der Waals surface area contributed by atoms with Crippen molar-refractivity contribution in [3.63, 3.8) is 0 Å². The molecule has 0 aliphatic carbocycles. The van der Waals surface area contributed by atoms with Gasteiger partial charge in [-0.1, -0.05) is 23.8 Å². The molecule has 0 amide bonds. The fourth-order valence-electron chi connectivity index (χ4n) is 2.90. The molecule has 1 aromatic carbocycles. The van der Waals surface area contributed by atoms with Crippen LogP contribution in [0.2, 0.25) is 0 Å². The molecule has 1 aliphatic heterocycles. The van der Waals surface area contributed by atoms with E-state index >= 15 is 0 Å². The molecule has 1 unspecified atom stereocenters. The molecule has 3 rings (SSSR count). The van der Waals surface area contributed by atoms with Gasteiger partial charge in [-0.2, -0.15) is 8.70 Å². The second kappa shape index (κ2) is 6.49. The Balaban J connectivity index is 1.79. The van der Waals surface area contributed by atoms with Gasteiger partial charge in [-0.15, -0.1) is 0 Å². The Bertz CT molecular complexity index is 824. The molecule has 1 fully saturated rings. The van der Waals surface area contributed by atoms with Crippen molar-refractivity contribution in [3.8, 4) is 0 Å². The van der Waals surface area contributed by atoms with E-state index in [2.05, 4.69) is 4.98 Å². The fourth-order valence-corrected chi connectivity index (χ4v) is 4.41. The number of rotatable bonds is 3. The molecule has 24 heavy (non-hydrogen) atoms. The molecule has 0 radical (unpaired) electrons. The largest absolute Gasteiger partial charge is 0.351 e. The standard InChI is InChI=1S/C17H20FN3O2S/c1-13-6-8-15(9-7-13)24(22,23)20-10-11-21(14(2)12-20)17-5-3-4-16(18)19-17/h3-9,14H,10-12H2,1-2H3. The summed E-state index contributed by atoms with van der Waals surface area (Å²) in [6.07, 6.45) is 0. The third-order valence-corrected chi connectivity index (χ3v) is 6.12. The maximum Gasteiger partial charge on any atom is 0.243 e. The Hall–Kier alpha value is -1.99. The van der Waals surface area contributed by atoms with E-state index in [1.54, 1.807) is 36.4 Å². The first-order chi connectivity index (χ1) is 11.4. The zero-order valence-corrected chi connectivity index (χ0v) is 14.5. The molecule has 5 nitrogen and oxygen atoms in total. The van der Waals surface area contributed by atoms with E-state index in [9.17, 15) is 12.8 Å². The highest BCUT2D eigenvalue weighted by molar-refractivity contribution is 7.89. The first kappa shape index (κ1) is 16.9. The zero-order chi connectivity index (χ0) is 17.3. The maximum absolute atomic E-state index is 13.3. The average Bonchev–Trinajstić information content (AvgIpc) is 2.55. The minimum atomic E-state index is -3.51. The summed E-state index contributed by atoms with van der Waals surface area (Å²) >= 11 is 0. The minimum Gasteiger partial charge on any atom is -0.351 e. The van der Waals surface area contributed by atoms with Gasteiger partial charge in [0, 0.05) is 25.7 Å².